The molecule has 0 aliphatic carbocycles. The molecule has 0 amide bonds. The van der Waals surface area contributed by atoms with Gasteiger partial charge in [0.05, 0.1) is 18.9 Å². The van der Waals surface area contributed by atoms with Gasteiger partial charge in [0.15, 0.2) is 11.5 Å². The van der Waals surface area contributed by atoms with Crippen LogP contribution in [-0.2, 0) is 11.3 Å². The summed E-state index contributed by atoms with van der Waals surface area (Å²) in [6.07, 6.45) is 5.33. The van der Waals surface area contributed by atoms with Gasteiger partial charge in [0, 0.05) is 31.0 Å². The molecule has 8 heteroatoms. The van der Waals surface area contributed by atoms with Crippen molar-refractivity contribution >= 4 is 0 Å². The third-order valence-corrected chi connectivity index (χ3v) is 4.46. The lowest BCUT2D eigenvalue weighted by Crippen LogP contribution is -2.24. The van der Waals surface area contributed by atoms with Gasteiger partial charge in [-0.05, 0) is 31.5 Å². The Kier molecular flexibility index (Phi) is 5.50. The molecule has 3 aromatic rings. The summed E-state index contributed by atoms with van der Waals surface area (Å²) in [6, 6.07) is 7.92. The molecule has 1 N–H and O–H groups in total. The molecule has 4 rings (SSSR count). The van der Waals surface area contributed by atoms with Gasteiger partial charge >= 0.3 is 0 Å². The van der Waals surface area contributed by atoms with Crippen molar-refractivity contribution in [3.63, 3.8) is 0 Å². The monoisotopic (exact) mass is 381 g/mol. The maximum atomic E-state index is 5.77. The number of nitrogens with one attached hydrogen (secondary N) is 1. The highest BCUT2D eigenvalue weighted by Crippen LogP contribution is 2.32. The van der Waals surface area contributed by atoms with Gasteiger partial charge in [-0.15, -0.1) is 0 Å². The van der Waals surface area contributed by atoms with Gasteiger partial charge in [-0.1, -0.05) is 6.07 Å². The third-order valence-electron chi connectivity index (χ3n) is 4.46. The lowest BCUT2D eigenvalue weighted by atomic mass is 10.2. The van der Waals surface area contributed by atoms with E-state index in [2.05, 4.69) is 27.2 Å². The summed E-state index contributed by atoms with van der Waals surface area (Å²) < 4.78 is 18.3. The molecule has 0 bridgehead atoms. The molecule has 0 fully saturated rings. The molecular weight excluding hydrogens is 358 g/mol. The predicted octanol–water partition coefficient (Wildman–Crippen LogP) is 2.57. The van der Waals surface area contributed by atoms with Crippen molar-refractivity contribution in [3.05, 3.63) is 60.1 Å². The van der Waals surface area contributed by atoms with Crippen LogP contribution in [0, 0.1) is 6.92 Å². The minimum Gasteiger partial charge on any atom is -0.454 e. The first-order valence-electron chi connectivity index (χ1n) is 9.22. The Morgan fingerprint density at radius 3 is 2.96 bits per heavy atom. The van der Waals surface area contributed by atoms with Crippen LogP contribution < -0.4 is 14.8 Å². The van der Waals surface area contributed by atoms with Crippen LogP contribution in [0.2, 0.25) is 0 Å². The van der Waals surface area contributed by atoms with Crippen LogP contribution in [0.3, 0.4) is 0 Å². The summed E-state index contributed by atoms with van der Waals surface area (Å²) in [7, 11) is 0. The van der Waals surface area contributed by atoms with Crippen molar-refractivity contribution in [2.75, 3.05) is 19.9 Å². The second-order valence-electron chi connectivity index (χ2n) is 6.58. The van der Waals surface area contributed by atoms with Gasteiger partial charge < -0.3 is 19.5 Å². The summed E-state index contributed by atoms with van der Waals surface area (Å²) in [5, 5.41) is 3.44. The van der Waals surface area contributed by atoms with Gasteiger partial charge in [-0.2, -0.15) is 0 Å². The molecule has 3 heterocycles. The maximum absolute atomic E-state index is 5.77. The van der Waals surface area contributed by atoms with Crippen LogP contribution in [-0.4, -0.2) is 39.5 Å². The molecule has 1 unspecified atom stereocenters. The second kappa shape index (κ2) is 8.37. The van der Waals surface area contributed by atoms with E-state index < -0.39 is 0 Å². The zero-order chi connectivity index (χ0) is 19.3. The minimum atomic E-state index is 0.0816. The van der Waals surface area contributed by atoms with E-state index in [1.807, 2.05) is 42.0 Å². The molecule has 0 saturated carbocycles. The molecule has 8 nitrogen and oxygen atoms in total. The van der Waals surface area contributed by atoms with Crippen molar-refractivity contribution < 1.29 is 14.2 Å². The van der Waals surface area contributed by atoms with Crippen LogP contribution in [0.5, 0.6) is 11.5 Å². The number of aryl methyl sites for hydroxylation is 1. The van der Waals surface area contributed by atoms with Crippen molar-refractivity contribution in [3.8, 4) is 17.3 Å². The van der Waals surface area contributed by atoms with E-state index in [9.17, 15) is 0 Å². The van der Waals surface area contributed by atoms with E-state index in [1.54, 1.807) is 12.5 Å². The average molecular weight is 381 g/mol. The molecule has 1 aliphatic rings. The van der Waals surface area contributed by atoms with Gasteiger partial charge in [0.1, 0.15) is 18.0 Å². The molecule has 1 atom stereocenters. The highest BCUT2D eigenvalue weighted by Gasteiger charge is 2.13. The Morgan fingerprint density at radius 1 is 1.21 bits per heavy atom. The van der Waals surface area contributed by atoms with E-state index >= 15 is 0 Å². The maximum Gasteiger partial charge on any atom is 0.231 e. The van der Waals surface area contributed by atoms with Crippen LogP contribution in [0.15, 0.2) is 43.0 Å². The van der Waals surface area contributed by atoms with Gasteiger partial charge in [-0.25, -0.2) is 15.0 Å². The number of fused-ring (bicyclic) bond motifs is 1. The first-order valence-corrected chi connectivity index (χ1v) is 9.22. The fourth-order valence-electron chi connectivity index (χ4n) is 3.00. The number of benzene rings is 1. The quantitative estimate of drug-likeness (QED) is 0.601. The molecule has 0 saturated heterocycles. The fraction of sp³-hybridized carbons (Fsp3) is 0.350. The number of hydrogen-bond donors (Lipinski definition) is 1. The summed E-state index contributed by atoms with van der Waals surface area (Å²) in [6.45, 7) is 6.10. The van der Waals surface area contributed by atoms with Crippen molar-refractivity contribution in [2.45, 2.75) is 26.5 Å². The number of imidazole rings is 1. The largest absolute Gasteiger partial charge is 0.454 e. The molecule has 0 radical (unpaired) electrons. The molecule has 1 aliphatic heterocycles. The average Bonchev–Trinajstić information content (AvgIpc) is 3.38. The van der Waals surface area contributed by atoms with Crippen LogP contribution in [0.1, 0.15) is 30.0 Å². The van der Waals surface area contributed by atoms with Crippen LogP contribution >= 0.6 is 0 Å². The third kappa shape index (κ3) is 4.29. The zero-order valence-electron chi connectivity index (χ0n) is 16.0. The number of nitrogens with zero attached hydrogens (tertiary/aromatic N) is 4. The Bertz CT molecular complexity index is 930. The topological polar surface area (TPSA) is 83.3 Å². The molecule has 1 aromatic carbocycles. The van der Waals surface area contributed by atoms with Crippen LogP contribution in [0.4, 0.5) is 0 Å². The summed E-state index contributed by atoms with van der Waals surface area (Å²) in [5.74, 6) is 3.11. The number of aromatic nitrogens is 4. The van der Waals surface area contributed by atoms with Crippen molar-refractivity contribution in [1.29, 1.82) is 0 Å². The van der Waals surface area contributed by atoms with E-state index in [-0.39, 0.29) is 12.8 Å². The normalized spacial score (nSPS) is 13.6. The number of ether oxygens (including phenoxy) is 3. The first kappa shape index (κ1) is 18.4. The molecular formula is C20H23N5O3. The lowest BCUT2D eigenvalue weighted by Gasteiger charge is -2.15. The van der Waals surface area contributed by atoms with E-state index in [1.165, 1.54) is 0 Å². The first-order chi connectivity index (χ1) is 13.7. The zero-order valence-corrected chi connectivity index (χ0v) is 16.0. The van der Waals surface area contributed by atoms with E-state index in [0.717, 1.165) is 40.9 Å². The Balaban J connectivity index is 1.26. The Hall–Kier alpha value is -2.97. The molecule has 0 spiro atoms. The standard InChI is InChI=1S/C20H23N5O3/c1-14(17-10-20(24-15(2)23-17)25-7-5-21-12-25)22-6-8-26-11-16-3-4-18-19(9-16)28-13-27-18/h3-5,7,9-10,12,14,22H,6,8,11,13H2,1-2H3. The minimum absolute atomic E-state index is 0.0816. The molecule has 146 valence electrons. The summed E-state index contributed by atoms with van der Waals surface area (Å²) in [4.78, 5) is 13.1. The highest BCUT2D eigenvalue weighted by atomic mass is 16.7. The van der Waals surface area contributed by atoms with Crippen molar-refractivity contribution in [1.82, 2.24) is 24.8 Å². The van der Waals surface area contributed by atoms with E-state index in [0.29, 0.717) is 13.2 Å². The van der Waals surface area contributed by atoms with Gasteiger partial charge in [0.2, 0.25) is 6.79 Å². The SMILES string of the molecule is Cc1nc(C(C)NCCOCc2ccc3c(c2)OCO3)cc(-n2ccnc2)n1. The highest BCUT2D eigenvalue weighted by molar-refractivity contribution is 5.44. The lowest BCUT2D eigenvalue weighted by molar-refractivity contribution is 0.120. The van der Waals surface area contributed by atoms with Crippen molar-refractivity contribution in [2.24, 2.45) is 0 Å². The molecule has 2 aromatic heterocycles. The fourth-order valence-corrected chi connectivity index (χ4v) is 3.00. The Morgan fingerprint density at radius 2 is 2.11 bits per heavy atom. The number of rotatable bonds is 8. The Labute approximate surface area is 163 Å². The van der Waals surface area contributed by atoms with E-state index in [4.69, 9.17) is 14.2 Å². The summed E-state index contributed by atoms with van der Waals surface area (Å²) in [5.41, 5.74) is 2.00. The van der Waals surface area contributed by atoms with Crippen LogP contribution in [0.25, 0.3) is 5.82 Å². The smallest absolute Gasteiger partial charge is 0.231 e. The molecule has 28 heavy (non-hydrogen) atoms. The number of hydrogen-bond acceptors (Lipinski definition) is 7. The summed E-state index contributed by atoms with van der Waals surface area (Å²) >= 11 is 0. The van der Waals surface area contributed by atoms with Gasteiger partial charge in [0.25, 0.3) is 0 Å². The second-order valence-corrected chi connectivity index (χ2v) is 6.58. The van der Waals surface area contributed by atoms with Gasteiger partial charge in [-0.3, -0.25) is 4.57 Å². The predicted molar refractivity (Wildman–Crippen MR) is 103 cm³/mol.